The Bertz CT molecular complexity index is 459. The van der Waals surface area contributed by atoms with Crippen molar-refractivity contribution < 1.29 is 5.11 Å². The van der Waals surface area contributed by atoms with Gasteiger partial charge in [-0.15, -0.1) is 0 Å². The maximum absolute atomic E-state index is 9.04. The molecule has 2 heterocycles. The molecule has 0 saturated heterocycles. The molecule has 0 fully saturated rings. The highest BCUT2D eigenvalue weighted by Gasteiger charge is 2.12. The van der Waals surface area contributed by atoms with Crippen LogP contribution in [0.4, 0.5) is 0 Å². The topological polar surface area (TPSA) is 49.6 Å². The van der Waals surface area contributed by atoms with Gasteiger partial charge in [0.1, 0.15) is 5.65 Å². The summed E-state index contributed by atoms with van der Waals surface area (Å²) in [4.78, 5) is 4.54. The van der Waals surface area contributed by atoms with Crippen molar-refractivity contribution in [3.8, 4) is 0 Å². The molecular formula is C14H21N3O. The van der Waals surface area contributed by atoms with E-state index in [1.54, 1.807) is 0 Å². The molecule has 4 nitrogen and oxygen atoms in total. The van der Waals surface area contributed by atoms with Crippen LogP contribution in [0.5, 0.6) is 0 Å². The van der Waals surface area contributed by atoms with Gasteiger partial charge in [0.15, 0.2) is 0 Å². The Morgan fingerprint density at radius 1 is 1.39 bits per heavy atom. The highest BCUT2D eigenvalue weighted by molar-refractivity contribution is 5.39. The SMILES string of the molecule is CC(C)C(CCO)NCc1cn2ccccc2n1. The zero-order chi connectivity index (χ0) is 13.0. The van der Waals surface area contributed by atoms with E-state index in [-0.39, 0.29) is 6.61 Å². The molecule has 18 heavy (non-hydrogen) atoms. The second kappa shape index (κ2) is 5.98. The van der Waals surface area contributed by atoms with Crippen LogP contribution < -0.4 is 5.32 Å². The maximum atomic E-state index is 9.04. The number of hydrogen-bond donors (Lipinski definition) is 2. The fourth-order valence-corrected chi connectivity index (χ4v) is 2.12. The van der Waals surface area contributed by atoms with E-state index in [9.17, 15) is 0 Å². The van der Waals surface area contributed by atoms with Gasteiger partial charge in [-0.3, -0.25) is 0 Å². The number of nitrogens with zero attached hydrogens (tertiary/aromatic N) is 2. The van der Waals surface area contributed by atoms with Gasteiger partial charge in [0.25, 0.3) is 0 Å². The summed E-state index contributed by atoms with van der Waals surface area (Å²) in [6.45, 7) is 5.29. The van der Waals surface area contributed by atoms with E-state index >= 15 is 0 Å². The van der Waals surface area contributed by atoms with Crippen LogP contribution in [0, 0.1) is 5.92 Å². The number of aliphatic hydroxyl groups is 1. The number of hydrogen-bond acceptors (Lipinski definition) is 3. The van der Waals surface area contributed by atoms with Crippen molar-refractivity contribution >= 4 is 5.65 Å². The quantitative estimate of drug-likeness (QED) is 0.819. The van der Waals surface area contributed by atoms with E-state index in [1.807, 2.05) is 35.0 Å². The van der Waals surface area contributed by atoms with Gasteiger partial charge >= 0.3 is 0 Å². The van der Waals surface area contributed by atoms with Crippen LogP contribution in [-0.2, 0) is 6.54 Å². The second-order valence-corrected chi connectivity index (χ2v) is 4.94. The van der Waals surface area contributed by atoms with Gasteiger partial charge in [-0.05, 0) is 24.5 Å². The maximum Gasteiger partial charge on any atom is 0.137 e. The number of pyridine rings is 1. The van der Waals surface area contributed by atoms with Gasteiger partial charge in [0, 0.05) is 31.6 Å². The molecule has 1 atom stereocenters. The van der Waals surface area contributed by atoms with Crippen molar-refractivity contribution in [2.24, 2.45) is 5.92 Å². The minimum Gasteiger partial charge on any atom is -0.396 e. The largest absolute Gasteiger partial charge is 0.396 e. The molecule has 0 amide bonds. The Morgan fingerprint density at radius 2 is 2.22 bits per heavy atom. The van der Waals surface area contributed by atoms with Crippen LogP contribution in [0.15, 0.2) is 30.6 Å². The third kappa shape index (κ3) is 3.09. The zero-order valence-electron chi connectivity index (χ0n) is 11.0. The Morgan fingerprint density at radius 3 is 2.89 bits per heavy atom. The molecule has 2 N–H and O–H groups in total. The highest BCUT2D eigenvalue weighted by atomic mass is 16.3. The Balaban J connectivity index is 2.00. The fraction of sp³-hybridized carbons (Fsp3) is 0.500. The molecule has 1 unspecified atom stereocenters. The predicted molar refractivity (Wildman–Crippen MR) is 72.4 cm³/mol. The molecule has 0 aliphatic heterocycles. The molecule has 98 valence electrons. The van der Waals surface area contributed by atoms with E-state index in [4.69, 9.17) is 5.11 Å². The predicted octanol–water partition coefficient (Wildman–Crippen LogP) is 1.83. The number of aliphatic hydroxyl groups excluding tert-OH is 1. The number of rotatable bonds is 6. The smallest absolute Gasteiger partial charge is 0.137 e. The highest BCUT2D eigenvalue weighted by Crippen LogP contribution is 2.08. The molecule has 2 aromatic rings. The van der Waals surface area contributed by atoms with Gasteiger partial charge < -0.3 is 14.8 Å². The summed E-state index contributed by atoms with van der Waals surface area (Å²) >= 11 is 0. The molecule has 0 aromatic carbocycles. The summed E-state index contributed by atoms with van der Waals surface area (Å²) in [6.07, 6.45) is 4.82. The summed E-state index contributed by atoms with van der Waals surface area (Å²) < 4.78 is 2.02. The first-order valence-electron chi connectivity index (χ1n) is 6.47. The van der Waals surface area contributed by atoms with Crippen LogP contribution in [0.2, 0.25) is 0 Å². The zero-order valence-corrected chi connectivity index (χ0v) is 11.0. The van der Waals surface area contributed by atoms with Crippen LogP contribution in [-0.4, -0.2) is 27.1 Å². The molecule has 0 bridgehead atoms. The molecule has 0 radical (unpaired) electrons. The van der Waals surface area contributed by atoms with Gasteiger partial charge in [-0.25, -0.2) is 4.98 Å². The number of imidazole rings is 1. The van der Waals surface area contributed by atoms with Gasteiger partial charge in [0.05, 0.1) is 5.69 Å². The molecule has 0 saturated carbocycles. The standard InChI is InChI=1S/C14H21N3O/c1-11(2)13(6-8-18)15-9-12-10-17-7-4-3-5-14(17)16-12/h3-5,7,10-11,13,15,18H,6,8-9H2,1-2H3. The molecule has 0 aliphatic carbocycles. The number of fused-ring (bicyclic) bond motifs is 1. The lowest BCUT2D eigenvalue weighted by molar-refractivity contribution is 0.243. The molecule has 4 heteroatoms. The molecule has 2 aromatic heterocycles. The number of aromatic nitrogens is 2. The van der Waals surface area contributed by atoms with E-state index < -0.39 is 0 Å². The summed E-state index contributed by atoms with van der Waals surface area (Å²) in [5, 5.41) is 12.5. The minimum absolute atomic E-state index is 0.223. The Labute approximate surface area is 108 Å². The van der Waals surface area contributed by atoms with Crippen LogP contribution in [0.1, 0.15) is 26.0 Å². The van der Waals surface area contributed by atoms with Crippen molar-refractivity contribution in [3.63, 3.8) is 0 Å². The van der Waals surface area contributed by atoms with E-state index in [1.165, 1.54) is 0 Å². The van der Waals surface area contributed by atoms with Crippen molar-refractivity contribution in [2.75, 3.05) is 6.61 Å². The van der Waals surface area contributed by atoms with E-state index in [2.05, 4.69) is 24.1 Å². The summed E-state index contributed by atoms with van der Waals surface area (Å²) in [5.74, 6) is 0.509. The lowest BCUT2D eigenvalue weighted by Crippen LogP contribution is -2.34. The summed E-state index contributed by atoms with van der Waals surface area (Å²) in [6, 6.07) is 6.31. The van der Waals surface area contributed by atoms with Crippen molar-refractivity contribution in [1.29, 1.82) is 0 Å². The molecule has 2 rings (SSSR count). The van der Waals surface area contributed by atoms with Crippen molar-refractivity contribution in [3.05, 3.63) is 36.3 Å². The summed E-state index contributed by atoms with van der Waals surface area (Å²) in [5.41, 5.74) is 2.00. The lowest BCUT2D eigenvalue weighted by Gasteiger charge is -2.20. The Hall–Kier alpha value is -1.39. The minimum atomic E-state index is 0.223. The number of nitrogens with one attached hydrogen (secondary N) is 1. The van der Waals surface area contributed by atoms with Crippen LogP contribution in [0.3, 0.4) is 0 Å². The summed E-state index contributed by atoms with van der Waals surface area (Å²) in [7, 11) is 0. The lowest BCUT2D eigenvalue weighted by atomic mass is 10.0. The third-order valence-electron chi connectivity index (χ3n) is 3.20. The normalized spacial score (nSPS) is 13.3. The van der Waals surface area contributed by atoms with Crippen molar-refractivity contribution in [1.82, 2.24) is 14.7 Å². The third-order valence-corrected chi connectivity index (χ3v) is 3.20. The fourth-order valence-electron chi connectivity index (χ4n) is 2.12. The van der Waals surface area contributed by atoms with E-state index in [0.717, 1.165) is 24.3 Å². The Kier molecular flexibility index (Phi) is 4.33. The van der Waals surface area contributed by atoms with Gasteiger partial charge in [-0.1, -0.05) is 19.9 Å². The molecule has 0 aliphatic rings. The second-order valence-electron chi connectivity index (χ2n) is 4.94. The first-order valence-corrected chi connectivity index (χ1v) is 6.47. The van der Waals surface area contributed by atoms with Crippen LogP contribution in [0.25, 0.3) is 5.65 Å². The average molecular weight is 247 g/mol. The molecule has 0 spiro atoms. The first kappa shape index (κ1) is 13.1. The monoisotopic (exact) mass is 247 g/mol. The van der Waals surface area contributed by atoms with Crippen LogP contribution >= 0.6 is 0 Å². The molecular weight excluding hydrogens is 226 g/mol. The first-order chi connectivity index (χ1) is 8.70. The van der Waals surface area contributed by atoms with Gasteiger partial charge in [-0.2, -0.15) is 0 Å². The van der Waals surface area contributed by atoms with E-state index in [0.29, 0.717) is 12.0 Å². The van der Waals surface area contributed by atoms with Gasteiger partial charge in [0.2, 0.25) is 0 Å². The van der Waals surface area contributed by atoms with Crippen molar-refractivity contribution in [2.45, 2.75) is 32.9 Å². The average Bonchev–Trinajstić information content (AvgIpc) is 2.76.